The standard InChI is InChI=1S/C17H16ClNO2/c1-2-16(20)14-5-3-4-6-17(14)21-11-13-8-7-12(10-19)9-15(13)18/h3-9,16,20H,2,11H2,1H3/t16-/m0/s1. The van der Waals surface area contributed by atoms with E-state index >= 15 is 0 Å². The average molecular weight is 302 g/mol. The third-order valence-corrected chi connectivity index (χ3v) is 3.58. The monoisotopic (exact) mass is 301 g/mol. The molecule has 0 bridgehead atoms. The molecule has 0 amide bonds. The summed E-state index contributed by atoms with van der Waals surface area (Å²) in [6.45, 7) is 2.21. The number of hydrogen-bond donors (Lipinski definition) is 1. The van der Waals surface area contributed by atoms with E-state index in [1.807, 2.05) is 37.3 Å². The molecule has 2 aromatic rings. The van der Waals surface area contributed by atoms with Gasteiger partial charge in [0.05, 0.1) is 17.7 Å². The van der Waals surface area contributed by atoms with Crippen molar-refractivity contribution in [3.05, 3.63) is 64.2 Å². The summed E-state index contributed by atoms with van der Waals surface area (Å²) >= 11 is 6.12. The number of ether oxygens (including phenoxy) is 1. The zero-order valence-corrected chi connectivity index (χ0v) is 12.5. The smallest absolute Gasteiger partial charge is 0.125 e. The van der Waals surface area contributed by atoms with Gasteiger partial charge in [-0.2, -0.15) is 5.26 Å². The molecule has 21 heavy (non-hydrogen) atoms. The number of nitrogens with zero attached hydrogens (tertiary/aromatic N) is 1. The van der Waals surface area contributed by atoms with Gasteiger partial charge in [-0.3, -0.25) is 0 Å². The summed E-state index contributed by atoms with van der Waals surface area (Å²) in [6.07, 6.45) is 0.0792. The molecule has 108 valence electrons. The molecule has 2 rings (SSSR count). The Morgan fingerprint density at radius 1 is 1.29 bits per heavy atom. The molecule has 0 aromatic heterocycles. The Morgan fingerprint density at radius 2 is 2.05 bits per heavy atom. The summed E-state index contributed by atoms with van der Waals surface area (Å²) < 4.78 is 5.77. The third kappa shape index (κ3) is 3.75. The Kier molecular flexibility index (Phi) is 5.21. The largest absolute Gasteiger partial charge is 0.488 e. The van der Waals surface area contributed by atoms with Gasteiger partial charge in [0, 0.05) is 16.1 Å². The van der Waals surface area contributed by atoms with Crippen molar-refractivity contribution in [3.8, 4) is 11.8 Å². The van der Waals surface area contributed by atoms with Crippen LogP contribution in [0.5, 0.6) is 5.75 Å². The maximum absolute atomic E-state index is 9.99. The molecule has 1 N–H and O–H groups in total. The van der Waals surface area contributed by atoms with Crippen molar-refractivity contribution in [1.29, 1.82) is 5.26 Å². The van der Waals surface area contributed by atoms with Gasteiger partial charge in [-0.25, -0.2) is 0 Å². The number of rotatable bonds is 5. The van der Waals surface area contributed by atoms with Gasteiger partial charge >= 0.3 is 0 Å². The van der Waals surface area contributed by atoms with Crippen LogP contribution in [0.25, 0.3) is 0 Å². The molecule has 2 aromatic carbocycles. The van der Waals surface area contributed by atoms with E-state index in [4.69, 9.17) is 21.6 Å². The van der Waals surface area contributed by atoms with Gasteiger partial charge in [0.1, 0.15) is 12.4 Å². The first-order valence-corrected chi connectivity index (χ1v) is 7.11. The second-order valence-corrected chi connectivity index (χ2v) is 5.08. The van der Waals surface area contributed by atoms with Crippen LogP contribution in [-0.4, -0.2) is 5.11 Å². The minimum absolute atomic E-state index is 0.290. The van der Waals surface area contributed by atoms with E-state index in [0.29, 0.717) is 22.8 Å². The van der Waals surface area contributed by atoms with E-state index in [1.165, 1.54) is 0 Å². The molecule has 0 radical (unpaired) electrons. The van der Waals surface area contributed by atoms with Crippen LogP contribution in [0.3, 0.4) is 0 Å². The highest BCUT2D eigenvalue weighted by Gasteiger charge is 2.11. The van der Waals surface area contributed by atoms with E-state index < -0.39 is 6.10 Å². The van der Waals surface area contributed by atoms with Crippen LogP contribution in [0.4, 0.5) is 0 Å². The topological polar surface area (TPSA) is 53.2 Å². The maximum Gasteiger partial charge on any atom is 0.125 e. The molecule has 1 atom stereocenters. The first-order valence-electron chi connectivity index (χ1n) is 6.74. The van der Waals surface area contributed by atoms with Gasteiger partial charge in [0.2, 0.25) is 0 Å². The minimum Gasteiger partial charge on any atom is -0.488 e. The Labute approximate surface area is 129 Å². The van der Waals surface area contributed by atoms with Crippen LogP contribution in [0.1, 0.15) is 36.1 Å². The molecule has 0 unspecified atom stereocenters. The molecular formula is C17H16ClNO2. The van der Waals surface area contributed by atoms with E-state index in [9.17, 15) is 5.11 Å². The fraction of sp³-hybridized carbons (Fsp3) is 0.235. The van der Waals surface area contributed by atoms with Crippen molar-refractivity contribution in [2.24, 2.45) is 0 Å². The number of nitriles is 1. The summed E-state index contributed by atoms with van der Waals surface area (Å²) in [5.41, 5.74) is 2.09. The van der Waals surface area contributed by atoms with Crippen molar-refractivity contribution < 1.29 is 9.84 Å². The van der Waals surface area contributed by atoms with Crippen LogP contribution >= 0.6 is 11.6 Å². The van der Waals surface area contributed by atoms with Crippen LogP contribution in [0.2, 0.25) is 5.02 Å². The van der Waals surface area contributed by atoms with Crippen LogP contribution in [0.15, 0.2) is 42.5 Å². The molecule has 0 saturated carbocycles. The van der Waals surface area contributed by atoms with Gasteiger partial charge in [-0.05, 0) is 24.6 Å². The summed E-state index contributed by atoms with van der Waals surface area (Å²) in [5, 5.41) is 19.3. The Balaban J connectivity index is 2.16. The average Bonchev–Trinajstić information content (AvgIpc) is 2.53. The van der Waals surface area contributed by atoms with Crippen molar-refractivity contribution in [1.82, 2.24) is 0 Å². The minimum atomic E-state index is -0.544. The van der Waals surface area contributed by atoms with Gasteiger partial charge in [-0.1, -0.05) is 42.8 Å². The zero-order valence-electron chi connectivity index (χ0n) is 11.7. The van der Waals surface area contributed by atoms with Crippen molar-refractivity contribution >= 4 is 11.6 Å². The summed E-state index contributed by atoms with van der Waals surface area (Å²) in [7, 11) is 0. The second-order valence-electron chi connectivity index (χ2n) is 4.67. The molecule has 0 fully saturated rings. The molecule has 0 saturated heterocycles. The fourth-order valence-electron chi connectivity index (χ4n) is 2.00. The lowest BCUT2D eigenvalue weighted by Gasteiger charge is -2.15. The Hall–Kier alpha value is -2.02. The number of benzene rings is 2. The number of aliphatic hydroxyl groups is 1. The number of para-hydroxylation sites is 1. The van der Waals surface area contributed by atoms with Crippen molar-refractivity contribution in [2.45, 2.75) is 26.1 Å². The summed E-state index contributed by atoms with van der Waals surface area (Å²) in [5.74, 6) is 0.646. The van der Waals surface area contributed by atoms with Crippen LogP contribution in [-0.2, 0) is 6.61 Å². The molecule has 0 spiro atoms. The predicted molar refractivity (Wildman–Crippen MR) is 82.2 cm³/mol. The second kappa shape index (κ2) is 7.12. The molecular weight excluding hydrogens is 286 g/mol. The third-order valence-electron chi connectivity index (χ3n) is 3.23. The lowest BCUT2D eigenvalue weighted by atomic mass is 10.1. The fourth-order valence-corrected chi connectivity index (χ4v) is 2.23. The Morgan fingerprint density at radius 3 is 2.71 bits per heavy atom. The van der Waals surface area contributed by atoms with Crippen molar-refractivity contribution in [3.63, 3.8) is 0 Å². The maximum atomic E-state index is 9.99. The lowest BCUT2D eigenvalue weighted by molar-refractivity contribution is 0.166. The highest BCUT2D eigenvalue weighted by atomic mass is 35.5. The molecule has 0 aliphatic heterocycles. The number of halogens is 1. The van der Waals surface area contributed by atoms with E-state index in [1.54, 1.807) is 18.2 Å². The van der Waals surface area contributed by atoms with Gasteiger partial charge in [-0.15, -0.1) is 0 Å². The first kappa shape index (κ1) is 15.4. The molecule has 0 heterocycles. The molecule has 0 aliphatic rings. The van der Waals surface area contributed by atoms with E-state index in [-0.39, 0.29) is 6.61 Å². The summed E-state index contributed by atoms with van der Waals surface area (Å²) in [4.78, 5) is 0. The lowest BCUT2D eigenvalue weighted by Crippen LogP contribution is -2.02. The van der Waals surface area contributed by atoms with Gasteiger partial charge in [0.15, 0.2) is 0 Å². The summed E-state index contributed by atoms with van der Waals surface area (Å²) in [6, 6.07) is 14.6. The molecule has 4 heteroatoms. The van der Waals surface area contributed by atoms with Gasteiger partial charge < -0.3 is 9.84 Å². The normalized spacial score (nSPS) is 11.7. The van der Waals surface area contributed by atoms with Crippen LogP contribution in [0, 0.1) is 11.3 Å². The van der Waals surface area contributed by atoms with E-state index in [2.05, 4.69) is 0 Å². The molecule has 3 nitrogen and oxygen atoms in total. The predicted octanol–water partition coefficient (Wildman–Crippen LogP) is 4.23. The van der Waals surface area contributed by atoms with Crippen LogP contribution < -0.4 is 4.74 Å². The quantitative estimate of drug-likeness (QED) is 0.899. The highest BCUT2D eigenvalue weighted by molar-refractivity contribution is 6.31. The van der Waals surface area contributed by atoms with E-state index in [0.717, 1.165) is 11.1 Å². The zero-order chi connectivity index (χ0) is 15.2. The highest BCUT2D eigenvalue weighted by Crippen LogP contribution is 2.28. The van der Waals surface area contributed by atoms with Crippen molar-refractivity contribution in [2.75, 3.05) is 0 Å². The van der Waals surface area contributed by atoms with Gasteiger partial charge in [0.25, 0.3) is 0 Å². The molecule has 0 aliphatic carbocycles. The SMILES string of the molecule is CC[C@H](O)c1ccccc1OCc1ccc(C#N)cc1Cl. The number of aliphatic hydroxyl groups excluding tert-OH is 1. The first-order chi connectivity index (χ1) is 10.2. The Bertz CT molecular complexity index is 664. The number of hydrogen-bond acceptors (Lipinski definition) is 3.